The number of nitrogens with two attached hydrogens (primary N) is 1. The summed E-state index contributed by atoms with van der Waals surface area (Å²) in [7, 11) is 0. The Morgan fingerprint density at radius 2 is 2.08 bits per heavy atom. The van der Waals surface area contributed by atoms with E-state index in [1.54, 1.807) is 18.2 Å². The lowest BCUT2D eigenvalue weighted by molar-refractivity contribution is 1.01. The first-order valence-electron chi connectivity index (χ1n) is 3.56. The van der Waals surface area contributed by atoms with Crippen molar-refractivity contribution in [1.82, 2.24) is 15.2 Å². The summed E-state index contributed by atoms with van der Waals surface area (Å²) in [6.07, 6.45) is 0. The molecule has 6 heteroatoms. The van der Waals surface area contributed by atoms with E-state index < -0.39 is 0 Å². The Balaban J connectivity index is 2.66. The Kier molecular flexibility index (Phi) is 1.96. The molecule has 5 nitrogen and oxygen atoms in total. The third-order valence-electron chi connectivity index (χ3n) is 1.55. The third kappa shape index (κ3) is 1.51. The third-order valence-corrected chi connectivity index (χ3v) is 1.78. The Morgan fingerprint density at radius 3 is 2.85 bits per heavy atom. The average molecular weight is 196 g/mol. The van der Waals surface area contributed by atoms with E-state index in [-0.39, 0.29) is 5.95 Å². The van der Waals surface area contributed by atoms with E-state index in [0.717, 1.165) is 0 Å². The molecule has 0 aliphatic rings. The van der Waals surface area contributed by atoms with Crippen molar-refractivity contribution in [3.05, 3.63) is 23.2 Å². The summed E-state index contributed by atoms with van der Waals surface area (Å²) < 4.78 is 0. The highest BCUT2D eigenvalue weighted by molar-refractivity contribution is 6.31. The Morgan fingerprint density at radius 1 is 1.23 bits per heavy atom. The monoisotopic (exact) mass is 195 g/mol. The summed E-state index contributed by atoms with van der Waals surface area (Å²) in [5.41, 5.74) is 3.66. The molecule has 0 radical (unpaired) electrons. The molecule has 0 unspecified atom stereocenters. The molecule has 0 aliphatic carbocycles. The standard InChI is InChI=1S/C7H6ClN5/c8-4-1-2-5-6(3-4)12-13-7(10-5)11-9/h1-3H,9H2,(H,10,11,13). The van der Waals surface area contributed by atoms with Crippen molar-refractivity contribution in [2.45, 2.75) is 0 Å². The van der Waals surface area contributed by atoms with Crippen LogP contribution in [0.2, 0.25) is 5.02 Å². The van der Waals surface area contributed by atoms with E-state index in [4.69, 9.17) is 17.4 Å². The van der Waals surface area contributed by atoms with Gasteiger partial charge in [0.25, 0.3) is 5.95 Å². The maximum atomic E-state index is 5.76. The Labute approximate surface area is 78.9 Å². The molecule has 0 bridgehead atoms. The highest BCUT2D eigenvalue weighted by Crippen LogP contribution is 2.15. The fourth-order valence-corrected chi connectivity index (χ4v) is 1.14. The van der Waals surface area contributed by atoms with Crippen molar-refractivity contribution < 1.29 is 0 Å². The summed E-state index contributed by atoms with van der Waals surface area (Å²) in [5.74, 6) is 5.42. The predicted octanol–water partition coefficient (Wildman–Crippen LogP) is 0.964. The first kappa shape index (κ1) is 8.15. The molecule has 0 spiro atoms. The van der Waals surface area contributed by atoms with Crippen molar-refractivity contribution in [1.29, 1.82) is 0 Å². The van der Waals surface area contributed by atoms with E-state index in [9.17, 15) is 0 Å². The minimum atomic E-state index is 0.287. The summed E-state index contributed by atoms with van der Waals surface area (Å²) in [4.78, 5) is 4.07. The van der Waals surface area contributed by atoms with Gasteiger partial charge in [-0.25, -0.2) is 10.8 Å². The number of rotatable bonds is 1. The van der Waals surface area contributed by atoms with Gasteiger partial charge in [0.15, 0.2) is 0 Å². The molecule has 0 saturated carbocycles. The Bertz CT molecular complexity index is 444. The van der Waals surface area contributed by atoms with Gasteiger partial charge in [-0.1, -0.05) is 11.6 Å². The van der Waals surface area contributed by atoms with Gasteiger partial charge in [-0.05, 0) is 18.2 Å². The number of hydrogen-bond donors (Lipinski definition) is 2. The van der Waals surface area contributed by atoms with E-state index in [0.29, 0.717) is 16.1 Å². The van der Waals surface area contributed by atoms with E-state index in [2.05, 4.69) is 20.6 Å². The number of halogens is 1. The number of hydrazine groups is 1. The molecule has 0 aliphatic heterocycles. The van der Waals surface area contributed by atoms with Crippen LogP contribution < -0.4 is 11.3 Å². The highest BCUT2D eigenvalue weighted by Gasteiger charge is 1.99. The summed E-state index contributed by atoms with van der Waals surface area (Å²) in [6, 6.07) is 5.18. The minimum absolute atomic E-state index is 0.287. The lowest BCUT2D eigenvalue weighted by Crippen LogP contribution is -2.11. The van der Waals surface area contributed by atoms with Gasteiger partial charge < -0.3 is 0 Å². The van der Waals surface area contributed by atoms with Gasteiger partial charge in [-0.15, -0.1) is 10.2 Å². The molecule has 1 heterocycles. The normalized spacial score (nSPS) is 10.3. The molecule has 0 amide bonds. The van der Waals surface area contributed by atoms with Crippen LogP contribution in [0.4, 0.5) is 5.95 Å². The molecule has 1 aromatic carbocycles. The van der Waals surface area contributed by atoms with Gasteiger partial charge in [-0.2, -0.15) is 0 Å². The molecular weight excluding hydrogens is 190 g/mol. The van der Waals surface area contributed by atoms with E-state index in [1.807, 2.05) is 0 Å². The number of nitrogens with zero attached hydrogens (tertiary/aromatic N) is 3. The van der Waals surface area contributed by atoms with Crippen molar-refractivity contribution in [3.8, 4) is 0 Å². The number of hydrogen-bond acceptors (Lipinski definition) is 5. The SMILES string of the molecule is NNc1nnc2cc(Cl)ccc2n1. The van der Waals surface area contributed by atoms with Gasteiger partial charge in [0.05, 0.1) is 5.52 Å². The van der Waals surface area contributed by atoms with E-state index in [1.165, 1.54) is 0 Å². The second-order valence-electron chi connectivity index (χ2n) is 2.41. The smallest absolute Gasteiger partial charge is 0.257 e. The maximum absolute atomic E-state index is 5.76. The molecule has 0 saturated heterocycles. The largest absolute Gasteiger partial charge is 0.291 e. The first-order valence-corrected chi connectivity index (χ1v) is 3.94. The zero-order chi connectivity index (χ0) is 9.26. The summed E-state index contributed by atoms with van der Waals surface area (Å²) >= 11 is 5.76. The van der Waals surface area contributed by atoms with Crippen LogP contribution in [0.1, 0.15) is 0 Å². The molecule has 0 atom stereocenters. The molecule has 3 N–H and O–H groups in total. The molecule has 13 heavy (non-hydrogen) atoms. The maximum Gasteiger partial charge on any atom is 0.257 e. The number of fused-ring (bicyclic) bond motifs is 1. The molecular formula is C7H6ClN5. The second-order valence-corrected chi connectivity index (χ2v) is 2.85. The average Bonchev–Trinajstić information content (AvgIpc) is 2.17. The molecule has 2 aromatic rings. The van der Waals surface area contributed by atoms with Crippen LogP contribution in [-0.4, -0.2) is 15.2 Å². The lowest BCUT2D eigenvalue weighted by Gasteiger charge is -1.98. The predicted molar refractivity (Wildman–Crippen MR) is 50.2 cm³/mol. The molecule has 2 rings (SSSR count). The fraction of sp³-hybridized carbons (Fsp3) is 0. The number of aromatic nitrogens is 3. The number of nitrogens with one attached hydrogen (secondary N) is 1. The van der Waals surface area contributed by atoms with Crippen LogP contribution in [0.5, 0.6) is 0 Å². The summed E-state index contributed by atoms with van der Waals surface area (Å²) in [6.45, 7) is 0. The second kappa shape index (κ2) is 3.12. The number of benzene rings is 1. The van der Waals surface area contributed by atoms with Crippen LogP contribution >= 0.6 is 11.6 Å². The molecule has 66 valence electrons. The van der Waals surface area contributed by atoms with Gasteiger partial charge >= 0.3 is 0 Å². The van der Waals surface area contributed by atoms with Crippen LogP contribution in [0.15, 0.2) is 18.2 Å². The van der Waals surface area contributed by atoms with Crippen LogP contribution in [0.25, 0.3) is 11.0 Å². The van der Waals surface area contributed by atoms with Crippen LogP contribution in [0.3, 0.4) is 0 Å². The van der Waals surface area contributed by atoms with Crippen LogP contribution in [-0.2, 0) is 0 Å². The zero-order valence-corrected chi connectivity index (χ0v) is 7.28. The van der Waals surface area contributed by atoms with E-state index >= 15 is 0 Å². The van der Waals surface area contributed by atoms with Crippen molar-refractivity contribution in [2.75, 3.05) is 5.43 Å². The number of nitrogen functional groups attached to an aromatic ring is 1. The van der Waals surface area contributed by atoms with Crippen LogP contribution in [0, 0.1) is 0 Å². The molecule has 0 fully saturated rings. The zero-order valence-electron chi connectivity index (χ0n) is 6.53. The fourth-order valence-electron chi connectivity index (χ4n) is 0.970. The van der Waals surface area contributed by atoms with Gasteiger partial charge in [-0.3, -0.25) is 5.43 Å². The van der Waals surface area contributed by atoms with Crippen molar-refractivity contribution in [3.63, 3.8) is 0 Å². The lowest BCUT2D eigenvalue weighted by atomic mass is 10.3. The van der Waals surface area contributed by atoms with Gasteiger partial charge in [0.1, 0.15) is 5.52 Å². The first-order chi connectivity index (χ1) is 6.29. The topological polar surface area (TPSA) is 76.7 Å². The minimum Gasteiger partial charge on any atom is -0.291 e. The molecule has 1 aromatic heterocycles. The van der Waals surface area contributed by atoms with Gasteiger partial charge in [0, 0.05) is 5.02 Å². The van der Waals surface area contributed by atoms with Crippen molar-refractivity contribution >= 4 is 28.6 Å². The highest BCUT2D eigenvalue weighted by atomic mass is 35.5. The van der Waals surface area contributed by atoms with Crippen molar-refractivity contribution in [2.24, 2.45) is 5.84 Å². The Hall–Kier alpha value is -1.46. The quantitative estimate of drug-likeness (QED) is 0.524. The van der Waals surface area contributed by atoms with Gasteiger partial charge in [0.2, 0.25) is 0 Å². The number of anilines is 1. The summed E-state index contributed by atoms with van der Waals surface area (Å²) in [5, 5.41) is 8.19.